The number of aromatic nitrogens is 1. The zero-order valence-corrected chi connectivity index (χ0v) is 8.93. The standard InChI is InChI=1S/C11H17F2N/c1-8(2)10-4-6-14(9(10)3)7-5-11(12)13/h4,6,8,11H,5,7H2,1-3H3. The summed E-state index contributed by atoms with van der Waals surface area (Å²) in [4.78, 5) is 0. The summed E-state index contributed by atoms with van der Waals surface area (Å²) in [5.74, 6) is 0.461. The molecule has 0 aliphatic rings. The van der Waals surface area contributed by atoms with Crippen molar-refractivity contribution in [3.63, 3.8) is 0 Å². The number of nitrogens with zero attached hydrogens (tertiary/aromatic N) is 1. The van der Waals surface area contributed by atoms with Crippen LogP contribution in [0.15, 0.2) is 12.3 Å². The molecule has 1 aromatic rings. The van der Waals surface area contributed by atoms with Crippen molar-refractivity contribution in [1.82, 2.24) is 4.57 Å². The van der Waals surface area contributed by atoms with Gasteiger partial charge in [-0.1, -0.05) is 13.8 Å². The average molecular weight is 201 g/mol. The Kier molecular flexibility index (Phi) is 3.67. The third-order valence-electron chi connectivity index (χ3n) is 2.49. The summed E-state index contributed by atoms with van der Waals surface area (Å²) in [6.45, 7) is 6.62. The van der Waals surface area contributed by atoms with Gasteiger partial charge in [-0.2, -0.15) is 0 Å². The zero-order valence-electron chi connectivity index (χ0n) is 8.93. The third-order valence-corrected chi connectivity index (χ3v) is 2.49. The van der Waals surface area contributed by atoms with Gasteiger partial charge >= 0.3 is 0 Å². The van der Waals surface area contributed by atoms with Crippen molar-refractivity contribution in [2.75, 3.05) is 0 Å². The van der Waals surface area contributed by atoms with E-state index in [1.807, 2.05) is 23.8 Å². The van der Waals surface area contributed by atoms with Gasteiger partial charge < -0.3 is 4.57 Å². The first kappa shape index (κ1) is 11.2. The molecular weight excluding hydrogens is 184 g/mol. The van der Waals surface area contributed by atoms with Gasteiger partial charge in [0.25, 0.3) is 0 Å². The number of rotatable bonds is 4. The van der Waals surface area contributed by atoms with Gasteiger partial charge in [0.1, 0.15) is 0 Å². The predicted molar refractivity (Wildman–Crippen MR) is 53.9 cm³/mol. The lowest BCUT2D eigenvalue weighted by molar-refractivity contribution is 0.131. The Labute approximate surface area is 83.7 Å². The minimum absolute atomic E-state index is 0.0624. The van der Waals surface area contributed by atoms with Crippen molar-refractivity contribution in [2.24, 2.45) is 0 Å². The molecule has 80 valence electrons. The molecule has 1 heterocycles. The molecule has 0 fully saturated rings. The van der Waals surface area contributed by atoms with Gasteiger partial charge in [-0.25, -0.2) is 8.78 Å². The Hall–Kier alpha value is -0.860. The van der Waals surface area contributed by atoms with Crippen LogP contribution in [0.1, 0.15) is 37.4 Å². The summed E-state index contributed by atoms with van der Waals surface area (Å²) in [6.07, 6.45) is -0.376. The molecule has 0 spiro atoms. The fraction of sp³-hybridized carbons (Fsp3) is 0.636. The minimum Gasteiger partial charge on any atom is -0.351 e. The van der Waals surface area contributed by atoms with Crippen molar-refractivity contribution in [3.8, 4) is 0 Å². The van der Waals surface area contributed by atoms with Crippen LogP contribution >= 0.6 is 0 Å². The fourth-order valence-electron chi connectivity index (χ4n) is 1.66. The smallest absolute Gasteiger partial charge is 0.240 e. The molecule has 0 saturated heterocycles. The van der Waals surface area contributed by atoms with E-state index in [9.17, 15) is 8.78 Å². The van der Waals surface area contributed by atoms with E-state index in [1.165, 1.54) is 5.56 Å². The van der Waals surface area contributed by atoms with Crippen LogP contribution in [0.5, 0.6) is 0 Å². The largest absolute Gasteiger partial charge is 0.351 e. The summed E-state index contributed by atoms with van der Waals surface area (Å²) in [7, 11) is 0. The molecule has 1 aromatic heterocycles. The molecule has 0 aliphatic carbocycles. The number of aryl methyl sites for hydroxylation is 1. The quantitative estimate of drug-likeness (QED) is 0.701. The topological polar surface area (TPSA) is 4.93 Å². The van der Waals surface area contributed by atoms with Crippen LogP contribution in [0, 0.1) is 6.92 Å². The second-order valence-electron chi connectivity index (χ2n) is 3.88. The monoisotopic (exact) mass is 201 g/mol. The third kappa shape index (κ3) is 2.56. The van der Waals surface area contributed by atoms with E-state index in [2.05, 4.69) is 13.8 Å². The van der Waals surface area contributed by atoms with Gasteiger partial charge in [0.2, 0.25) is 6.43 Å². The van der Waals surface area contributed by atoms with Crippen LogP contribution in [0.4, 0.5) is 8.78 Å². The van der Waals surface area contributed by atoms with Crippen LogP contribution in [-0.4, -0.2) is 11.0 Å². The first-order valence-electron chi connectivity index (χ1n) is 4.96. The molecule has 0 unspecified atom stereocenters. The van der Waals surface area contributed by atoms with E-state index in [-0.39, 0.29) is 6.42 Å². The summed E-state index contributed by atoms with van der Waals surface area (Å²) < 4.78 is 25.9. The van der Waals surface area contributed by atoms with Gasteiger partial charge in [-0.05, 0) is 24.5 Å². The van der Waals surface area contributed by atoms with Crippen LogP contribution in [-0.2, 0) is 6.54 Å². The number of halogens is 2. The van der Waals surface area contributed by atoms with Crippen molar-refractivity contribution in [3.05, 3.63) is 23.5 Å². The molecule has 3 heteroatoms. The van der Waals surface area contributed by atoms with Crippen LogP contribution < -0.4 is 0 Å². The Morgan fingerprint density at radius 2 is 2.00 bits per heavy atom. The van der Waals surface area contributed by atoms with E-state index in [0.717, 1.165) is 5.69 Å². The molecular formula is C11H17F2N. The van der Waals surface area contributed by atoms with Gasteiger partial charge in [-0.3, -0.25) is 0 Å². The van der Waals surface area contributed by atoms with Crippen LogP contribution in [0.2, 0.25) is 0 Å². The number of hydrogen-bond donors (Lipinski definition) is 0. The van der Waals surface area contributed by atoms with Gasteiger partial charge in [0.05, 0.1) is 0 Å². The van der Waals surface area contributed by atoms with E-state index < -0.39 is 6.43 Å². The minimum atomic E-state index is -2.21. The number of alkyl halides is 2. The first-order valence-corrected chi connectivity index (χ1v) is 4.96. The number of hydrogen-bond acceptors (Lipinski definition) is 0. The van der Waals surface area contributed by atoms with Crippen LogP contribution in [0.25, 0.3) is 0 Å². The zero-order chi connectivity index (χ0) is 10.7. The second kappa shape index (κ2) is 4.58. The maximum absolute atomic E-state index is 12.0. The summed E-state index contributed by atoms with van der Waals surface area (Å²) >= 11 is 0. The molecule has 14 heavy (non-hydrogen) atoms. The Balaban J connectivity index is 2.70. The highest BCUT2D eigenvalue weighted by Gasteiger charge is 2.09. The van der Waals surface area contributed by atoms with Crippen molar-refractivity contribution < 1.29 is 8.78 Å². The Morgan fingerprint density at radius 3 is 2.43 bits per heavy atom. The van der Waals surface area contributed by atoms with Gasteiger partial charge in [-0.15, -0.1) is 0 Å². The van der Waals surface area contributed by atoms with Gasteiger partial charge in [0.15, 0.2) is 0 Å². The summed E-state index contributed by atoms with van der Waals surface area (Å²) in [5.41, 5.74) is 2.36. The molecule has 0 aliphatic heterocycles. The molecule has 1 rings (SSSR count). The van der Waals surface area contributed by atoms with E-state index >= 15 is 0 Å². The molecule has 0 N–H and O–H groups in total. The molecule has 0 atom stereocenters. The molecule has 0 aromatic carbocycles. The lowest BCUT2D eigenvalue weighted by Crippen LogP contribution is -2.04. The maximum atomic E-state index is 12.0. The van der Waals surface area contributed by atoms with E-state index in [1.54, 1.807) is 0 Å². The fourth-order valence-corrected chi connectivity index (χ4v) is 1.66. The Bertz CT molecular complexity index is 289. The lowest BCUT2D eigenvalue weighted by atomic mass is 10.0. The first-order chi connectivity index (χ1) is 6.52. The molecule has 0 bridgehead atoms. The van der Waals surface area contributed by atoms with E-state index in [0.29, 0.717) is 12.5 Å². The molecule has 0 radical (unpaired) electrons. The van der Waals surface area contributed by atoms with E-state index in [4.69, 9.17) is 0 Å². The summed E-state index contributed by atoms with van der Waals surface area (Å²) in [5, 5.41) is 0. The SMILES string of the molecule is Cc1c(C(C)C)ccn1CCC(F)F. The van der Waals surface area contributed by atoms with Crippen LogP contribution in [0.3, 0.4) is 0 Å². The lowest BCUT2D eigenvalue weighted by Gasteiger charge is -2.08. The van der Waals surface area contributed by atoms with Crippen molar-refractivity contribution in [1.29, 1.82) is 0 Å². The molecule has 0 saturated carbocycles. The second-order valence-corrected chi connectivity index (χ2v) is 3.88. The Morgan fingerprint density at radius 1 is 1.36 bits per heavy atom. The highest BCUT2D eigenvalue weighted by molar-refractivity contribution is 5.24. The predicted octanol–water partition coefficient (Wildman–Crippen LogP) is 3.58. The van der Waals surface area contributed by atoms with Crippen molar-refractivity contribution >= 4 is 0 Å². The molecule has 1 nitrogen and oxygen atoms in total. The summed E-state index contributed by atoms with van der Waals surface area (Å²) in [6, 6.07) is 2.02. The highest BCUT2D eigenvalue weighted by atomic mass is 19.3. The highest BCUT2D eigenvalue weighted by Crippen LogP contribution is 2.20. The normalized spacial score (nSPS) is 11.6. The van der Waals surface area contributed by atoms with Gasteiger partial charge in [0, 0.05) is 24.9 Å². The molecule has 0 amide bonds. The maximum Gasteiger partial charge on any atom is 0.240 e. The van der Waals surface area contributed by atoms with Crippen molar-refractivity contribution in [2.45, 2.75) is 46.1 Å². The average Bonchev–Trinajstić information content (AvgIpc) is 2.43.